The second kappa shape index (κ2) is 6.14. The molecule has 0 amide bonds. The Morgan fingerprint density at radius 3 is 2.78 bits per heavy atom. The van der Waals surface area contributed by atoms with E-state index >= 15 is 0 Å². The van der Waals surface area contributed by atoms with Crippen molar-refractivity contribution in [3.63, 3.8) is 0 Å². The van der Waals surface area contributed by atoms with Gasteiger partial charge in [0.25, 0.3) is 5.69 Å². The number of nitro benzene ring substituents is 1. The first-order valence-electron chi connectivity index (χ1n) is 6.57. The Labute approximate surface area is 140 Å². The number of nitro groups is 1. The third-order valence-electron chi connectivity index (χ3n) is 3.37. The second-order valence-electron chi connectivity index (χ2n) is 4.90. The normalized spacial score (nSPS) is 15.6. The number of rotatable bonds is 2. The third-order valence-corrected chi connectivity index (χ3v) is 4.81. The minimum Gasteiger partial charge on any atom is -0.289 e. The molecule has 0 fully saturated rings. The van der Waals surface area contributed by atoms with Gasteiger partial charge in [-0.25, -0.2) is 4.39 Å². The molecule has 1 heterocycles. The van der Waals surface area contributed by atoms with Crippen LogP contribution in [0.15, 0.2) is 46.9 Å². The number of hydrogen-bond acceptors (Lipinski definition) is 4. The zero-order chi connectivity index (χ0) is 16.6. The molecule has 116 valence electrons. The third kappa shape index (κ3) is 3.13. The van der Waals surface area contributed by atoms with Crippen molar-refractivity contribution in [2.75, 3.05) is 5.75 Å². The SMILES string of the molecule is O=C1C(=Cc2ccc(Cl)c([N+](=O)[O-])c2)CSc2ccc(F)cc21. The molecule has 0 unspecified atom stereocenters. The highest BCUT2D eigenvalue weighted by Gasteiger charge is 2.23. The molecule has 1 aliphatic heterocycles. The van der Waals surface area contributed by atoms with Crippen LogP contribution < -0.4 is 0 Å². The van der Waals surface area contributed by atoms with E-state index in [-0.39, 0.29) is 16.5 Å². The summed E-state index contributed by atoms with van der Waals surface area (Å²) in [5.74, 6) is -0.314. The zero-order valence-electron chi connectivity index (χ0n) is 11.6. The first-order valence-corrected chi connectivity index (χ1v) is 7.93. The Hall–Kier alpha value is -2.18. The van der Waals surface area contributed by atoms with Crippen molar-refractivity contribution >= 4 is 40.9 Å². The van der Waals surface area contributed by atoms with Gasteiger partial charge >= 0.3 is 0 Å². The molecule has 0 saturated carbocycles. The lowest BCUT2D eigenvalue weighted by atomic mass is 10.0. The number of carbonyl (C=O) groups excluding carboxylic acids is 1. The number of carbonyl (C=O) groups is 1. The summed E-state index contributed by atoms with van der Waals surface area (Å²) in [5, 5.41) is 11.0. The average molecular weight is 350 g/mol. The number of thioether (sulfide) groups is 1. The van der Waals surface area contributed by atoms with Crippen LogP contribution in [0.5, 0.6) is 0 Å². The molecule has 0 bridgehead atoms. The van der Waals surface area contributed by atoms with Crippen molar-refractivity contribution in [3.8, 4) is 0 Å². The first-order chi connectivity index (χ1) is 11.0. The summed E-state index contributed by atoms with van der Waals surface area (Å²) in [6.07, 6.45) is 1.58. The molecule has 0 radical (unpaired) electrons. The summed E-state index contributed by atoms with van der Waals surface area (Å²) in [4.78, 5) is 23.5. The second-order valence-corrected chi connectivity index (χ2v) is 6.32. The van der Waals surface area contributed by atoms with Gasteiger partial charge in [0.05, 0.1) is 4.92 Å². The summed E-state index contributed by atoms with van der Waals surface area (Å²) in [5.41, 5.74) is 1.06. The van der Waals surface area contributed by atoms with Gasteiger partial charge < -0.3 is 0 Å². The van der Waals surface area contributed by atoms with E-state index in [0.29, 0.717) is 22.5 Å². The van der Waals surface area contributed by atoms with Crippen LogP contribution in [0, 0.1) is 15.9 Å². The smallest absolute Gasteiger partial charge is 0.288 e. The number of nitrogens with zero attached hydrogens (tertiary/aromatic N) is 1. The Bertz CT molecular complexity index is 866. The number of ketones is 1. The largest absolute Gasteiger partial charge is 0.289 e. The fourth-order valence-electron chi connectivity index (χ4n) is 2.27. The van der Waals surface area contributed by atoms with Crippen molar-refractivity contribution in [2.24, 2.45) is 0 Å². The highest BCUT2D eigenvalue weighted by atomic mass is 35.5. The van der Waals surface area contributed by atoms with Gasteiger partial charge in [0, 0.05) is 27.9 Å². The van der Waals surface area contributed by atoms with Crippen LogP contribution in [-0.4, -0.2) is 16.5 Å². The maximum absolute atomic E-state index is 13.3. The lowest BCUT2D eigenvalue weighted by Crippen LogP contribution is -2.12. The monoisotopic (exact) mass is 349 g/mol. The van der Waals surface area contributed by atoms with E-state index in [4.69, 9.17) is 11.6 Å². The summed E-state index contributed by atoms with van der Waals surface area (Å²) < 4.78 is 13.3. The molecule has 2 aromatic carbocycles. The number of Topliss-reactive ketones (excluding diaryl/α,β-unsaturated/α-hetero) is 1. The van der Waals surface area contributed by atoms with E-state index in [1.807, 2.05) is 0 Å². The molecule has 4 nitrogen and oxygen atoms in total. The van der Waals surface area contributed by atoms with Crippen molar-refractivity contribution in [2.45, 2.75) is 4.90 Å². The summed E-state index contributed by atoms with van der Waals surface area (Å²) in [7, 11) is 0. The molecule has 2 aromatic rings. The molecule has 23 heavy (non-hydrogen) atoms. The standard InChI is InChI=1S/C16H9ClFNO3S/c17-13-3-1-9(6-14(13)19(21)22)5-10-8-23-15-4-2-11(18)7-12(15)16(10)20/h1-7H,8H2. The Morgan fingerprint density at radius 1 is 1.26 bits per heavy atom. The van der Waals surface area contributed by atoms with Gasteiger partial charge in [-0.2, -0.15) is 0 Å². The molecule has 0 spiro atoms. The molecule has 7 heteroatoms. The zero-order valence-corrected chi connectivity index (χ0v) is 13.2. The molecular formula is C16H9ClFNO3S. The van der Waals surface area contributed by atoms with Gasteiger partial charge in [0.2, 0.25) is 0 Å². The lowest BCUT2D eigenvalue weighted by molar-refractivity contribution is -0.384. The van der Waals surface area contributed by atoms with Crippen LogP contribution in [0.3, 0.4) is 0 Å². The predicted octanol–water partition coefficient (Wildman–Crippen LogP) is 4.76. The predicted molar refractivity (Wildman–Crippen MR) is 87.5 cm³/mol. The van der Waals surface area contributed by atoms with Crippen LogP contribution in [0.4, 0.5) is 10.1 Å². The highest BCUT2D eigenvalue weighted by molar-refractivity contribution is 7.99. The molecule has 0 atom stereocenters. The van der Waals surface area contributed by atoms with Crippen molar-refractivity contribution < 1.29 is 14.1 Å². The van der Waals surface area contributed by atoms with Crippen molar-refractivity contribution in [3.05, 3.63) is 74.1 Å². The summed E-state index contributed by atoms with van der Waals surface area (Å²) in [6, 6.07) is 8.44. The van der Waals surface area contributed by atoms with Gasteiger partial charge in [0.1, 0.15) is 10.8 Å². The number of benzene rings is 2. The van der Waals surface area contributed by atoms with E-state index in [9.17, 15) is 19.3 Å². The Kier molecular flexibility index (Phi) is 4.19. The molecule has 0 saturated heterocycles. The molecule has 0 aromatic heterocycles. The van der Waals surface area contributed by atoms with Gasteiger partial charge in [-0.1, -0.05) is 17.7 Å². The van der Waals surface area contributed by atoms with E-state index in [0.717, 1.165) is 4.90 Å². The van der Waals surface area contributed by atoms with Crippen molar-refractivity contribution in [1.82, 2.24) is 0 Å². The summed E-state index contributed by atoms with van der Waals surface area (Å²) in [6.45, 7) is 0. The maximum Gasteiger partial charge on any atom is 0.288 e. The molecule has 0 aliphatic carbocycles. The average Bonchev–Trinajstić information content (AvgIpc) is 2.52. The minimum atomic E-state index is -0.577. The Morgan fingerprint density at radius 2 is 2.04 bits per heavy atom. The molecule has 0 N–H and O–H groups in total. The lowest BCUT2D eigenvalue weighted by Gasteiger charge is -2.16. The first kappa shape index (κ1) is 15.7. The van der Waals surface area contributed by atoms with Crippen LogP contribution in [0.25, 0.3) is 6.08 Å². The molecule has 1 aliphatic rings. The number of hydrogen-bond donors (Lipinski definition) is 0. The van der Waals surface area contributed by atoms with Crippen LogP contribution in [0.1, 0.15) is 15.9 Å². The minimum absolute atomic E-state index is 0.0360. The van der Waals surface area contributed by atoms with Crippen LogP contribution >= 0.6 is 23.4 Å². The van der Waals surface area contributed by atoms with Crippen LogP contribution in [0.2, 0.25) is 5.02 Å². The van der Waals surface area contributed by atoms with Gasteiger partial charge in [0.15, 0.2) is 5.78 Å². The highest BCUT2D eigenvalue weighted by Crippen LogP contribution is 2.34. The Balaban J connectivity index is 2.00. The fraction of sp³-hybridized carbons (Fsp3) is 0.0625. The number of fused-ring (bicyclic) bond motifs is 1. The van der Waals surface area contributed by atoms with Gasteiger partial charge in [-0.15, -0.1) is 11.8 Å². The molecular weight excluding hydrogens is 341 g/mol. The quantitative estimate of drug-likeness (QED) is 0.445. The van der Waals surface area contributed by atoms with E-state index in [2.05, 4.69) is 0 Å². The van der Waals surface area contributed by atoms with E-state index in [1.165, 1.54) is 36.0 Å². The molecule has 3 rings (SSSR count). The topological polar surface area (TPSA) is 60.2 Å². The number of halogens is 2. The summed E-state index contributed by atoms with van der Waals surface area (Å²) >= 11 is 7.20. The maximum atomic E-state index is 13.3. The van der Waals surface area contributed by atoms with E-state index in [1.54, 1.807) is 18.2 Å². The van der Waals surface area contributed by atoms with Crippen LogP contribution in [-0.2, 0) is 0 Å². The van der Waals surface area contributed by atoms with E-state index < -0.39 is 10.7 Å². The van der Waals surface area contributed by atoms with Crippen molar-refractivity contribution in [1.29, 1.82) is 0 Å². The van der Waals surface area contributed by atoms with Gasteiger partial charge in [-0.3, -0.25) is 14.9 Å². The fourth-order valence-corrected chi connectivity index (χ4v) is 3.45. The van der Waals surface area contributed by atoms with Gasteiger partial charge in [-0.05, 0) is 35.9 Å².